The highest BCUT2D eigenvalue weighted by Crippen LogP contribution is 2.19. The van der Waals surface area contributed by atoms with Gasteiger partial charge >= 0.3 is 0 Å². The lowest BCUT2D eigenvalue weighted by Gasteiger charge is -2.22. The van der Waals surface area contributed by atoms with Crippen LogP contribution in [0.15, 0.2) is 53.3 Å². The van der Waals surface area contributed by atoms with E-state index in [1.165, 1.54) is 6.08 Å². The number of imidazole rings is 1. The fourth-order valence-corrected chi connectivity index (χ4v) is 2.81. The van der Waals surface area contributed by atoms with E-state index in [1.807, 2.05) is 59.9 Å². The number of carbonyl (C=O) groups is 1. The van der Waals surface area contributed by atoms with Crippen molar-refractivity contribution in [3.8, 4) is 0 Å². The van der Waals surface area contributed by atoms with Gasteiger partial charge in [-0.25, -0.2) is 4.98 Å². The van der Waals surface area contributed by atoms with E-state index in [2.05, 4.69) is 10.3 Å². The van der Waals surface area contributed by atoms with E-state index in [-0.39, 0.29) is 11.9 Å². The van der Waals surface area contributed by atoms with Gasteiger partial charge < -0.3 is 9.73 Å². The summed E-state index contributed by atoms with van der Waals surface area (Å²) in [6, 6.07) is 9.31. The van der Waals surface area contributed by atoms with Gasteiger partial charge in [-0.15, -0.1) is 0 Å². The van der Waals surface area contributed by atoms with Gasteiger partial charge in [0.15, 0.2) is 5.15 Å². The summed E-state index contributed by atoms with van der Waals surface area (Å²) in [6.45, 7) is 0.435. The number of hydrogen-bond donors (Lipinski definition) is 1. The maximum atomic E-state index is 12.2. The average molecular weight is 359 g/mol. The monoisotopic (exact) mass is 358 g/mol. The highest BCUT2D eigenvalue weighted by atomic mass is 35.5. The van der Waals surface area contributed by atoms with Gasteiger partial charge in [0.25, 0.3) is 0 Å². The van der Waals surface area contributed by atoms with Crippen LogP contribution in [0.25, 0.3) is 11.7 Å². The quantitative estimate of drug-likeness (QED) is 0.688. The predicted octanol–water partition coefficient (Wildman–Crippen LogP) is 3.01. The highest BCUT2D eigenvalue weighted by Gasteiger charge is 2.17. The molecule has 1 amide bonds. The number of likely N-dealkylation sites (N-methyl/N-ethyl adjacent to an activating group) is 1. The summed E-state index contributed by atoms with van der Waals surface area (Å²) in [5, 5.41) is 3.24. The van der Waals surface area contributed by atoms with Crippen LogP contribution in [-0.2, 0) is 4.79 Å². The van der Waals surface area contributed by atoms with Crippen molar-refractivity contribution in [3.05, 3.63) is 65.5 Å². The van der Waals surface area contributed by atoms with E-state index in [4.69, 9.17) is 16.0 Å². The third-order valence-corrected chi connectivity index (χ3v) is 4.16. The third-order valence-electron chi connectivity index (χ3n) is 3.88. The van der Waals surface area contributed by atoms with Crippen LogP contribution in [0.1, 0.15) is 17.5 Å². The first-order valence-electron chi connectivity index (χ1n) is 7.84. The number of carbonyl (C=O) groups excluding carboxylic acids is 1. The van der Waals surface area contributed by atoms with Crippen LogP contribution in [0.5, 0.6) is 0 Å². The number of aromatic nitrogens is 2. The molecule has 0 bridgehead atoms. The molecule has 3 heterocycles. The molecule has 1 unspecified atom stereocenters. The summed E-state index contributed by atoms with van der Waals surface area (Å²) >= 11 is 6.15. The van der Waals surface area contributed by atoms with Gasteiger partial charge in [0, 0.05) is 18.8 Å². The molecule has 0 saturated heterocycles. The summed E-state index contributed by atoms with van der Waals surface area (Å²) < 4.78 is 7.26. The number of fused-ring (bicyclic) bond motifs is 1. The molecule has 0 spiro atoms. The zero-order valence-corrected chi connectivity index (χ0v) is 14.8. The average Bonchev–Trinajstić information content (AvgIpc) is 3.20. The van der Waals surface area contributed by atoms with E-state index in [0.29, 0.717) is 17.4 Å². The lowest BCUT2D eigenvalue weighted by molar-refractivity contribution is -0.116. The van der Waals surface area contributed by atoms with E-state index in [9.17, 15) is 4.79 Å². The Morgan fingerprint density at radius 2 is 2.24 bits per heavy atom. The second-order valence-corrected chi connectivity index (χ2v) is 6.15. The van der Waals surface area contributed by atoms with Crippen molar-refractivity contribution >= 4 is 29.2 Å². The number of halogens is 1. The largest absolute Gasteiger partial charge is 0.468 e. The molecule has 0 aliphatic rings. The van der Waals surface area contributed by atoms with E-state index in [0.717, 1.165) is 11.4 Å². The van der Waals surface area contributed by atoms with Crippen molar-refractivity contribution < 1.29 is 9.21 Å². The van der Waals surface area contributed by atoms with E-state index < -0.39 is 0 Å². The summed E-state index contributed by atoms with van der Waals surface area (Å²) in [7, 11) is 3.88. The lowest BCUT2D eigenvalue weighted by Crippen LogP contribution is -2.33. The summed E-state index contributed by atoms with van der Waals surface area (Å²) in [4.78, 5) is 18.4. The van der Waals surface area contributed by atoms with Crippen LogP contribution in [0.4, 0.5) is 0 Å². The van der Waals surface area contributed by atoms with E-state index >= 15 is 0 Å². The van der Waals surface area contributed by atoms with Gasteiger partial charge in [0.05, 0.1) is 18.0 Å². The Balaban J connectivity index is 1.67. The fraction of sp³-hybridized carbons (Fsp3) is 0.222. The lowest BCUT2D eigenvalue weighted by atomic mass is 10.2. The topological polar surface area (TPSA) is 62.8 Å². The number of nitrogens with one attached hydrogen (secondary N) is 1. The number of pyridine rings is 1. The maximum absolute atomic E-state index is 12.2. The summed E-state index contributed by atoms with van der Waals surface area (Å²) in [5.74, 6) is 0.597. The van der Waals surface area contributed by atoms with Crippen LogP contribution in [-0.4, -0.2) is 40.8 Å². The Kier molecular flexibility index (Phi) is 5.21. The van der Waals surface area contributed by atoms with Crippen molar-refractivity contribution in [2.45, 2.75) is 6.04 Å². The van der Waals surface area contributed by atoms with Crippen LogP contribution in [0.2, 0.25) is 5.15 Å². The normalized spacial score (nSPS) is 13.0. The number of furan rings is 1. The number of amides is 1. The van der Waals surface area contributed by atoms with Gasteiger partial charge in [-0.1, -0.05) is 17.7 Å². The molecule has 130 valence electrons. The van der Waals surface area contributed by atoms with Crippen molar-refractivity contribution in [1.29, 1.82) is 0 Å². The first-order valence-corrected chi connectivity index (χ1v) is 8.22. The van der Waals surface area contributed by atoms with Crippen molar-refractivity contribution in [2.75, 3.05) is 20.6 Å². The zero-order valence-electron chi connectivity index (χ0n) is 14.0. The number of rotatable bonds is 6. The fourth-order valence-electron chi connectivity index (χ4n) is 2.56. The first-order chi connectivity index (χ1) is 12.1. The van der Waals surface area contributed by atoms with Crippen LogP contribution < -0.4 is 5.32 Å². The molecule has 6 nitrogen and oxygen atoms in total. The number of hydrogen-bond acceptors (Lipinski definition) is 4. The molecule has 0 aromatic carbocycles. The molecular weight excluding hydrogens is 340 g/mol. The molecule has 3 aromatic heterocycles. The Hall–Kier alpha value is -2.57. The standard InChI is InChI=1S/C18H19ClN4O2/c1-22(2)14(15-6-5-11-25-15)12-20-17(24)9-8-13-18(19)21-16-7-3-4-10-23(13)16/h3-11,14H,12H2,1-2H3,(H,20,24). The molecule has 25 heavy (non-hydrogen) atoms. The predicted molar refractivity (Wildman–Crippen MR) is 97.4 cm³/mol. The van der Waals surface area contributed by atoms with Crippen molar-refractivity contribution in [3.63, 3.8) is 0 Å². The molecule has 0 aliphatic heterocycles. The Morgan fingerprint density at radius 3 is 2.96 bits per heavy atom. The van der Waals surface area contributed by atoms with Crippen molar-refractivity contribution in [1.82, 2.24) is 19.6 Å². The van der Waals surface area contributed by atoms with Crippen LogP contribution in [0.3, 0.4) is 0 Å². The summed E-state index contributed by atoms with van der Waals surface area (Å²) in [5.41, 5.74) is 1.40. The Labute approximate surface area is 150 Å². The molecule has 0 aliphatic carbocycles. The molecule has 7 heteroatoms. The van der Waals surface area contributed by atoms with Gasteiger partial charge in [-0.2, -0.15) is 0 Å². The Morgan fingerprint density at radius 1 is 1.40 bits per heavy atom. The second kappa shape index (κ2) is 7.55. The van der Waals surface area contributed by atoms with Gasteiger partial charge in [0.2, 0.25) is 5.91 Å². The SMILES string of the molecule is CN(C)C(CNC(=O)C=Cc1c(Cl)nc2ccccn12)c1ccco1. The highest BCUT2D eigenvalue weighted by molar-refractivity contribution is 6.31. The molecular formula is C18H19ClN4O2. The molecule has 0 fully saturated rings. The van der Waals surface area contributed by atoms with Crippen LogP contribution >= 0.6 is 11.6 Å². The molecule has 1 atom stereocenters. The molecule has 0 radical (unpaired) electrons. The zero-order chi connectivity index (χ0) is 17.8. The third kappa shape index (κ3) is 3.92. The smallest absolute Gasteiger partial charge is 0.244 e. The number of nitrogens with zero attached hydrogens (tertiary/aromatic N) is 3. The van der Waals surface area contributed by atoms with Gasteiger partial charge in [0.1, 0.15) is 11.4 Å². The van der Waals surface area contributed by atoms with Crippen LogP contribution in [0, 0.1) is 0 Å². The molecule has 1 N–H and O–H groups in total. The minimum Gasteiger partial charge on any atom is -0.468 e. The minimum atomic E-state index is -0.208. The molecule has 3 rings (SSSR count). The molecule has 3 aromatic rings. The summed E-state index contributed by atoms with van der Waals surface area (Å²) in [6.07, 6.45) is 6.59. The van der Waals surface area contributed by atoms with Gasteiger partial charge in [-0.3, -0.25) is 14.1 Å². The van der Waals surface area contributed by atoms with E-state index in [1.54, 1.807) is 12.3 Å². The van der Waals surface area contributed by atoms with Crippen molar-refractivity contribution in [2.24, 2.45) is 0 Å². The minimum absolute atomic E-state index is 0.0354. The maximum Gasteiger partial charge on any atom is 0.244 e. The van der Waals surface area contributed by atoms with Gasteiger partial charge in [-0.05, 0) is 44.4 Å². The molecule has 0 saturated carbocycles. The Bertz CT molecular complexity index is 884. The second-order valence-electron chi connectivity index (χ2n) is 5.79. The first kappa shape index (κ1) is 17.3.